The molecule has 5 nitrogen and oxygen atoms in total. The fourth-order valence-electron chi connectivity index (χ4n) is 2.48. The number of methoxy groups -OCH3 is 1. The minimum Gasteiger partial charge on any atom is -0.493 e. The van der Waals surface area contributed by atoms with E-state index in [0.29, 0.717) is 31.0 Å². The van der Waals surface area contributed by atoms with Crippen molar-refractivity contribution in [1.82, 2.24) is 4.90 Å². The molecule has 0 aromatic heterocycles. The number of hydrogen-bond donors (Lipinski definition) is 1. The van der Waals surface area contributed by atoms with Crippen LogP contribution in [0.4, 0.5) is 0 Å². The monoisotopic (exact) mass is 293 g/mol. The number of amides is 1. The van der Waals surface area contributed by atoms with Gasteiger partial charge in [0.25, 0.3) is 5.91 Å². The highest BCUT2D eigenvalue weighted by Crippen LogP contribution is 2.26. The van der Waals surface area contributed by atoms with E-state index in [0.717, 1.165) is 12.8 Å². The molecule has 0 bridgehead atoms. The van der Waals surface area contributed by atoms with Crippen molar-refractivity contribution in [2.75, 3.05) is 26.8 Å². The Bertz CT molecular complexity index is 487. The summed E-state index contributed by atoms with van der Waals surface area (Å²) >= 11 is 0. The van der Waals surface area contributed by atoms with Crippen molar-refractivity contribution in [3.8, 4) is 11.5 Å². The molecule has 1 unspecified atom stereocenters. The standard InChI is InChI=1S/C16H23NO4/c1-16(19)8-5-10-17(11-9-16)15(18)12-21-14-7-4-3-6-13(14)20-2/h3-4,6-7,19H,5,8-12H2,1-2H3. The quantitative estimate of drug-likeness (QED) is 0.920. The summed E-state index contributed by atoms with van der Waals surface area (Å²) in [6, 6.07) is 7.26. The molecule has 1 fully saturated rings. The molecule has 0 spiro atoms. The van der Waals surface area contributed by atoms with Gasteiger partial charge >= 0.3 is 0 Å². The third kappa shape index (κ3) is 4.36. The number of rotatable bonds is 4. The molecule has 1 aliphatic heterocycles. The minimum absolute atomic E-state index is 0.0114. The molecule has 1 amide bonds. The zero-order valence-electron chi connectivity index (χ0n) is 12.7. The lowest BCUT2D eigenvalue weighted by atomic mass is 9.98. The largest absolute Gasteiger partial charge is 0.493 e. The molecular weight excluding hydrogens is 270 g/mol. The number of ether oxygens (including phenoxy) is 2. The van der Waals surface area contributed by atoms with Gasteiger partial charge in [-0.15, -0.1) is 0 Å². The molecule has 0 aliphatic carbocycles. The molecule has 1 aromatic rings. The highest BCUT2D eigenvalue weighted by atomic mass is 16.5. The molecule has 1 atom stereocenters. The fourth-order valence-corrected chi connectivity index (χ4v) is 2.48. The Morgan fingerprint density at radius 1 is 1.29 bits per heavy atom. The molecule has 0 radical (unpaired) electrons. The van der Waals surface area contributed by atoms with Crippen LogP contribution >= 0.6 is 0 Å². The molecule has 1 N–H and O–H groups in total. The molecule has 0 saturated carbocycles. The Morgan fingerprint density at radius 2 is 2.00 bits per heavy atom. The number of likely N-dealkylation sites (tertiary alicyclic amines) is 1. The van der Waals surface area contributed by atoms with Crippen LogP contribution in [0.25, 0.3) is 0 Å². The summed E-state index contributed by atoms with van der Waals surface area (Å²) in [7, 11) is 1.57. The second-order valence-electron chi connectivity index (χ2n) is 5.67. The van der Waals surface area contributed by atoms with Gasteiger partial charge in [-0.3, -0.25) is 4.79 Å². The van der Waals surface area contributed by atoms with Gasteiger partial charge in [0.15, 0.2) is 18.1 Å². The predicted octanol–water partition coefficient (Wildman–Crippen LogP) is 1.84. The van der Waals surface area contributed by atoms with Gasteiger partial charge in [0.2, 0.25) is 0 Å². The van der Waals surface area contributed by atoms with E-state index in [4.69, 9.17) is 9.47 Å². The van der Waals surface area contributed by atoms with E-state index >= 15 is 0 Å². The first-order chi connectivity index (χ1) is 10.0. The molecule has 21 heavy (non-hydrogen) atoms. The molecule has 5 heteroatoms. The van der Waals surface area contributed by atoms with Crippen LogP contribution in [0.2, 0.25) is 0 Å². The van der Waals surface area contributed by atoms with E-state index in [2.05, 4.69) is 0 Å². The maximum absolute atomic E-state index is 12.2. The zero-order valence-corrected chi connectivity index (χ0v) is 12.7. The van der Waals surface area contributed by atoms with Gasteiger partial charge in [0.05, 0.1) is 12.7 Å². The Kier molecular flexibility index (Phi) is 5.07. The van der Waals surface area contributed by atoms with Crippen LogP contribution in [-0.2, 0) is 4.79 Å². The van der Waals surface area contributed by atoms with Crippen molar-refractivity contribution < 1.29 is 19.4 Å². The molecule has 116 valence electrons. The van der Waals surface area contributed by atoms with Gasteiger partial charge < -0.3 is 19.5 Å². The Balaban J connectivity index is 1.90. The summed E-state index contributed by atoms with van der Waals surface area (Å²) in [6.07, 6.45) is 2.14. The van der Waals surface area contributed by atoms with Crippen molar-refractivity contribution in [1.29, 1.82) is 0 Å². The van der Waals surface area contributed by atoms with Crippen molar-refractivity contribution in [2.24, 2.45) is 0 Å². The summed E-state index contributed by atoms with van der Waals surface area (Å²) in [5, 5.41) is 10.0. The van der Waals surface area contributed by atoms with Crippen molar-refractivity contribution in [2.45, 2.75) is 31.8 Å². The third-order valence-corrected chi connectivity index (χ3v) is 3.84. The lowest BCUT2D eigenvalue weighted by molar-refractivity contribution is -0.133. The number of benzene rings is 1. The second-order valence-corrected chi connectivity index (χ2v) is 5.67. The smallest absolute Gasteiger partial charge is 0.260 e. The number of carbonyl (C=O) groups is 1. The summed E-state index contributed by atoms with van der Waals surface area (Å²) < 4.78 is 10.7. The first kappa shape index (κ1) is 15.6. The average Bonchev–Trinajstić information content (AvgIpc) is 2.66. The van der Waals surface area contributed by atoms with Gasteiger partial charge in [-0.1, -0.05) is 12.1 Å². The normalized spacial score (nSPS) is 22.5. The summed E-state index contributed by atoms with van der Waals surface area (Å²) in [5.41, 5.74) is -0.668. The van der Waals surface area contributed by atoms with E-state index in [1.807, 2.05) is 19.1 Å². The third-order valence-electron chi connectivity index (χ3n) is 3.84. The van der Waals surface area contributed by atoms with Gasteiger partial charge in [0, 0.05) is 13.1 Å². The van der Waals surface area contributed by atoms with Crippen LogP contribution in [0.5, 0.6) is 11.5 Å². The first-order valence-electron chi connectivity index (χ1n) is 7.28. The topological polar surface area (TPSA) is 59.0 Å². The Morgan fingerprint density at radius 3 is 2.71 bits per heavy atom. The van der Waals surface area contributed by atoms with Crippen LogP contribution in [0.1, 0.15) is 26.2 Å². The summed E-state index contributed by atoms with van der Waals surface area (Å²) in [5.74, 6) is 1.12. The van der Waals surface area contributed by atoms with Crippen molar-refractivity contribution in [3.05, 3.63) is 24.3 Å². The lowest BCUT2D eigenvalue weighted by Crippen LogP contribution is -2.36. The zero-order chi connectivity index (χ0) is 15.3. The summed E-state index contributed by atoms with van der Waals surface area (Å²) in [4.78, 5) is 14.0. The predicted molar refractivity (Wildman–Crippen MR) is 79.5 cm³/mol. The maximum atomic E-state index is 12.2. The van der Waals surface area contributed by atoms with Crippen molar-refractivity contribution >= 4 is 5.91 Å². The van der Waals surface area contributed by atoms with Gasteiger partial charge in [-0.25, -0.2) is 0 Å². The van der Waals surface area contributed by atoms with Gasteiger partial charge in [0.1, 0.15) is 0 Å². The fraction of sp³-hybridized carbons (Fsp3) is 0.562. The number of aliphatic hydroxyl groups is 1. The molecule has 1 aromatic carbocycles. The maximum Gasteiger partial charge on any atom is 0.260 e. The highest BCUT2D eigenvalue weighted by molar-refractivity contribution is 5.77. The molecule has 2 rings (SSSR count). The van der Waals surface area contributed by atoms with Crippen molar-refractivity contribution in [3.63, 3.8) is 0 Å². The Labute approximate surface area is 125 Å². The lowest BCUT2D eigenvalue weighted by Gasteiger charge is -2.22. The molecule has 1 saturated heterocycles. The number of nitrogens with zero attached hydrogens (tertiary/aromatic N) is 1. The van der Waals surface area contributed by atoms with E-state index < -0.39 is 5.60 Å². The van der Waals surface area contributed by atoms with Crippen LogP contribution in [0.15, 0.2) is 24.3 Å². The van der Waals surface area contributed by atoms with Crippen LogP contribution < -0.4 is 9.47 Å². The van der Waals surface area contributed by atoms with Crippen LogP contribution in [0, 0.1) is 0 Å². The second kappa shape index (κ2) is 6.80. The van der Waals surface area contributed by atoms with Crippen LogP contribution in [0.3, 0.4) is 0 Å². The van der Waals surface area contributed by atoms with Crippen LogP contribution in [-0.4, -0.2) is 48.3 Å². The Hall–Kier alpha value is -1.75. The number of para-hydroxylation sites is 2. The average molecular weight is 293 g/mol. The van der Waals surface area contributed by atoms with E-state index in [1.54, 1.807) is 24.1 Å². The molecule has 1 heterocycles. The van der Waals surface area contributed by atoms with E-state index in [-0.39, 0.29) is 12.5 Å². The SMILES string of the molecule is COc1ccccc1OCC(=O)N1CCCC(C)(O)CC1. The minimum atomic E-state index is -0.668. The molecular formula is C16H23NO4. The first-order valence-corrected chi connectivity index (χ1v) is 7.28. The summed E-state index contributed by atoms with van der Waals surface area (Å²) in [6.45, 7) is 3.06. The van der Waals surface area contributed by atoms with E-state index in [1.165, 1.54) is 0 Å². The van der Waals surface area contributed by atoms with E-state index in [9.17, 15) is 9.90 Å². The van der Waals surface area contributed by atoms with Gasteiger partial charge in [-0.2, -0.15) is 0 Å². The molecule has 1 aliphatic rings. The van der Waals surface area contributed by atoms with Gasteiger partial charge in [-0.05, 0) is 38.3 Å². The highest BCUT2D eigenvalue weighted by Gasteiger charge is 2.27. The number of carbonyl (C=O) groups excluding carboxylic acids is 1. The number of hydrogen-bond acceptors (Lipinski definition) is 4.